The highest BCUT2D eigenvalue weighted by atomic mass is 19.1. The molecule has 0 atom stereocenters. The van der Waals surface area contributed by atoms with Gasteiger partial charge in [-0.25, -0.2) is 9.45 Å². The van der Waals surface area contributed by atoms with Gasteiger partial charge in [0, 0.05) is 7.05 Å². The van der Waals surface area contributed by atoms with Crippen molar-refractivity contribution in [2.45, 2.75) is 0 Å². The van der Waals surface area contributed by atoms with Gasteiger partial charge in [-0.05, 0) is 17.6 Å². The van der Waals surface area contributed by atoms with E-state index in [2.05, 4.69) is 4.84 Å². The van der Waals surface area contributed by atoms with Crippen LogP contribution in [0.25, 0.3) is 0 Å². The number of carbonyl (C=O) groups excluding carboxylic acids is 1. The molecule has 0 radical (unpaired) electrons. The zero-order valence-electron chi connectivity index (χ0n) is 8.85. The number of hydrogen-bond acceptors (Lipinski definition) is 4. The number of halogens is 1. The zero-order valence-corrected chi connectivity index (χ0v) is 8.85. The Morgan fingerprint density at radius 3 is 2.62 bits per heavy atom. The summed E-state index contributed by atoms with van der Waals surface area (Å²) in [7, 11) is 0.838. The second-order valence-electron chi connectivity index (χ2n) is 3.10. The molecule has 16 heavy (non-hydrogen) atoms. The van der Waals surface area contributed by atoms with E-state index in [4.69, 9.17) is 10.0 Å². The van der Waals surface area contributed by atoms with Crippen molar-refractivity contribution in [2.24, 2.45) is 0 Å². The van der Waals surface area contributed by atoms with Crippen LogP contribution < -0.4 is 5.46 Å². The third kappa shape index (κ3) is 2.57. The van der Waals surface area contributed by atoms with Crippen LogP contribution in [-0.4, -0.2) is 42.3 Å². The Morgan fingerprint density at radius 1 is 1.50 bits per heavy atom. The molecule has 2 N–H and O–H groups in total. The summed E-state index contributed by atoms with van der Waals surface area (Å²) >= 11 is 0. The SMILES string of the molecule is CON(C)C(=O)c1cc(B(O)O)ccc1F. The molecule has 1 aromatic rings. The van der Waals surface area contributed by atoms with Crippen LogP contribution in [0.4, 0.5) is 4.39 Å². The third-order valence-corrected chi connectivity index (χ3v) is 2.08. The first-order valence-corrected chi connectivity index (χ1v) is 4.45. The maximum Gasteiger partial charge on any atom is 0.488 e. The monoisotopic (exact) mass is 227 g/mol. The lowest BCUT2D eigenvalue weighted by Crippen LogP contribution is -2.33. The molecule has 0 unspecified atom stereocenters. The smallest absolute Gasteiger partial charge is 0.423 e. The lowest BCUT2D eigenvalue weighted by Gasteiger charge is -2.14. The summed E-state index contributed by atoms with van der Waals surface area (Å²) in [5, 5.41) is 18.6. The van der Waals surface area contributed by atoms with Crippen molar-refractivity contribution >= 4 is 18.5 Å². The molecule has 1 rings (SSSR count). The summed E-state index contributed by atoms with van der Waals surface area (Å²) in [4.78, 5) is 16.2. The van der Waals surface area contributed by atoms with E-state index in [0.717, 1.165) is 17.2 Å². The molecule has 0 spiro atoms. The number of carbonyl (C=O) groups is 1. The largest absolute Gasteiger partial charge is 0.488 e. The maximum absolute atomic E-state index is 13.3. The standard InChI is InChI=1S/C9H11BFNO4/c1-12(16-2)9(13)7-5-6(10(14)15)3-4-8(7)11/h3-5,14-15H,1-2H3. The van der Waals surface area contributed by atoms with E-state index in [1.807, 2.05) is 0 Å². The first-order chi connectivity index (χ1) is 7.47. The Morgan fingerprint density at radius 2 is 2.12 bits per heavy atom. The van der Waals surface area contributed by atoms with Gasteiger partial charge < -0.3 is 10.0 Å². The van der Waals surface area contributed by atoms with Crippen molar-refractivity contribution < 1.29 is 24.1 Å². The molecule has 0 aliphatic heterocycles. The predicted molar refractivity (Wildman–Crippen MR) is 55.3 cm³/mol. The fourth-order valence-electron chi connectivity index (χ4n) is 1.12. The quantitative estimate of drug-likeness (QED) is 0.520. The van der Waals surface area contributed by atoms with Crippen LogP contribution in [0.1, 0.15) is 10.4 Å². The molecule has 86 valence electrons. The normalized spacial score (nSPS) is 10.1. The van der Waals surface area contributed by atoms with Crippen LogP contribution in [0.2, 0.25) is 0 Å². The highest BCUT2D eigenvalue weighted by Gasteiger charge is 2.20. The highest BCUT2D eigenvalue weighted by molar-refractivity contribution is 6.58. The van der Waals surface area contributed by atoms with E-state index in [0.29, 0.717) is 0 Å². The second kappa shape index (κ2) is 5.06. The minimum absolute atomic E-state index is 0.0363. The molecule has 0 aromatic heterocycles. The van der Waals surface area contributed by atoms with Gasteiger partial charge in [0.2, 0.25) is 0 Å². The highest BCUT2D eigenvalue weighted by Crippen LogP contribution is 2.08. The van der Waals surface area contributed by atoms with Gasteiger partial charge in [-0.1, -0.05) is 6.07 Å². The first-order valence-electron chi connectivity index (χ1n) is 4.45. The van der Waals surface area contributed by atoms with E-state index in [1.54, 1.807) is 0 Å². The van der Waals surface area contributed by atoms with Gasteiger partial charge in [0.1, 0.15) is 5.82 Å². The average molecular weight is 227 g/mol. The number of nitrogens with zero attached hydrogens (tertiary/aromatic N) is 1. The summed E-state index contributed by atoms with van der Waals surface area (Å²) in [6, 6.07) is 3.24. The van der Waals surface area contributed by atoms with Crippen molar-refractivity contribution in [3.8, 4) is 0 Å². The summed E-state index contributed by atoms with van der Waals surface area (Å²) < 4.78 is 13.3. The fraction of sp³-hybridized carbons (Fsp3) is 0.222. The van der Waals surface area contributed by atoms with Crippen molar-refractivity contribution in [3.05, 3.63) is 29.6 Å². The van der Waals surface area contributed by atoms with Gasteiger partial charge in [0.15, 0.2) is 0 Å². The lowest BCUT2D eigenvalue weighted by atomic mass is 9.79. The van der Waals surface area contributed by atoms with E-state index >= 15 is 0 Å². The summed E-state index contributed by atoms with van der Waals surface area (Å²) in [6.45, 7) is 0. The Bertz CT molecular complexity index is 399. The van der Waals surface area contributed by atoms with Crippen LogP contribution in [0.15, 0.2) is 18.2 Å². The number of hydroxylamine groups is 2. The summed E-state index contributed by atoms with van der Waals surface area (Å²) in [6.07, 6.45) is 0. The topological polar surface area (TPSA) is 70.0 Å². The van der Waals surface area contributed by atoms with Gasteiger partial charge in [-0.3, -0.25) is 9.63 Å². The van der Waals surface area contributed by atoms with E-state index < -0.39 is 18.8 Å². The van der Waals surface area contributed by atoms with E-state index in [1.165, 1.54) is 20.2 Å². The molecule has 0 saturated carbocycles. The Kier molecular flexibility index (Phi) is 4.00. The van der Waals surface area contributed by atoms with Crippen molar-refractivity contribution in [2.75, 3.05) is 14.2 Å². The van der Waals surface area contributed by atoms with Crippen molar-refractivity contribution in [1.29, 1.82) is 0 Å². The molecule has 0 fully saturated rings. The third-order valence-electron chi connectivity index (χ3n) is 2.08. The van der Waals surface area contributed by atoms with Gasteiger partial charge >= 0.3 is 7.12 Å². The number of benzene rings is 1. The molecule has 0 heterocycles. The number of amides is 1. The average Bonchev–Trinajstić information content (AvgIpc) is 2.27. The van der Waals surface area contributed by atoms with Gasteiger partial charge in [-0.2, -0.15) is 0 Å². The molecular weight excluding hydrogens is 216 g/mol. The molecule has 7 heteroatoms. The van der Waals surface area contributed by atoms with Gasteiger partial charge in [0.25, 0.3) is 5.91 Å². The first kappa shape index (κ1) is 12.6. The second-order valence-corrected chi connectivity index (χ2v) is 3.10. The van der Waals surface area contributed by atoms with Crippen LogP contribution in [0.5, 0.6) is 0 Å². The van der Waals surface area contributed by atoms with Gasteiger partial charge in [0.05, 0.1) is 12.7 Å². The molecule has 1 aromatic carbocycles. The predicted octanol–water partition coefficient (Wildman–Crippen LogP) is -0.861. The Labute approximate surface area is 92.2 Å². The molecule has 0 aliphatic carbocycles. The molecule has 5 nitrogen and oxygen atoms in total. The van der Waals surface area contributed by atoms with Gasteiger partial charge in [-0.15, -0.1) is 0 Å². The number of rotatable bonds is 3. The Balaban J connectivity index is 3.12. The molecule has 0 aliphatic rings. The molecule has 0 saturated heterocycles. The molecule has 0 bridgehead atoms. The van der Waals surface area contributed by atoms with Crippen LogP contribution >= 0.6 is 0 Å². The van der Waals surface area contributed by atoms with Crippen LogP contribution in [0, 0.1) is 5.82 Å². The lowest BCUT2D eigenvalue weighted by molar-refractivity contribution is -0.0759. The van der Waals surface area contributed by atoms with E-state index in [-0.39, 0.29) is 11.0 Å². The van der Waals surface area contributed by atoms with E-state index in [9.17, 15) is 9.18 Å². The Hall–Kier alpha value is -1.44. The number of hydrogen-bond donors (Lipinski definition) is 2. The van der Waals surface area contributed by atoms with Crippen molar-refractivity contribution in [3.63, 3.8) is 0 Å². The minimum atomic E-state index is -1.75. The summed E-state index contributed by atoms with van der Waals surface area (Å²) in [5.41, 5.74) is -0.246. The zero-order chi connectivity index (χ0) is 12.3. The maximum atomic E-state index is 13.3. The molecule has 1 amide bonds. The fourth-order valence-corrected chi connectivity index (χ4v) is 1.12. The molecular formula is C9H11BFNO4. The van der Waals surface area contributed by atoms with Crippen LogP contribution in [0.3, 0.4) is 0 Å². The van der Waals surface area contributed by atoms with Crippen LogP contribution in [-0.2, 0) is 4.84 Å². The van der Waals surface area contributed by atoms with Crippen molar-refractivity contribution in [1.82, 2.24) is 5.06 Å². The minimum Gasteiger partial charge on any atom is -0.423 e. The summed E-state index contributed by atoms with van der Waals surface area (Å²) in [5.74, 6) is -1.46.